The van der Waals surface area contributed by atoms with E-state index in [-0.39, 0.29) is 11.9 Å². The summed E-state index contributed by atoms with van der Waals surface area (Å²) in [5, 5.41) is 3.99. The van der Waals surface area contributed by atoms with Crippen molar-refractivity contribution in [2.24, 2.45) is 0 Å². The van der Waals surface area contributed by atoms with E-state index >= 15 is 0 Å². The highest BCUT2D eigenvalue weighted by atomic mass is 32.2. The van der Waals surface area contributed by atoms with Gasteiger partial charge in [-0.25, -0.2) is 0 Å². The van der Waals surface area contributed by atoms with E-state index in [0.29, 0.717) is 5.25 Å². The number of carbonyl (C=O) groups is 1. The number of hydrogen-bond acceptors (Lipinski definition) is 3. The molecule has 0 aliphatic carbocycles. The molecule has 2 rings (SSSR count). The first kappa shape index (κ1) is 14.3. The molecular weight excluding hydrogens is 256 g/mol. The third kappa shape index (κ3) is 3.90. The monoisotopic (exact) mass is 278 g/mol. The van der Waals surface area contributed by atoms with Crippen molar-refractivity contribution in [3.05, 3.63) is 29.8 Å². The maximum Gasteiger partial charge on any atom is 0.244 e. The summed E-state index contributed by atoms with van der Waals surface area (Å²) >= 11 is 1.93. The van der Waals surface area contributed by atoms with Gasteiger partial charge < -0.3 is 10.2 Å². The lowest BCUT2D eigenvalue weighted by Gasteiger charge is -2.14. The van der Waals surface area contributed by atoms with Crippen LogP contribution in [-0.4, -0.2) is 35.7 Å². The molecule has 1 atom stereocenters. The molecule has 1 aliphatic heterocycles. The Morgan fingerprint density at radius 2 is 2.26 bits per heavy atom. The second-order valence-electron chi connectivity index (χ2n) is 5.31. The standard InChI is InChI=1S/C15H22N2OS/c1-11(2)19-10-12-5-4-6-13(9-12)16-14-7-8-17(3)15(14)18/h4-6,9,11,14,16H,7-8,10H2,1-3H3/t14-/m1/s1. The van der Waals surface area contributed by atoms with E-state index in [4.69, 9.17) is 0 Å². The average Bonchev–Trinajstić information content (AvgIpc) is 2.69. The lowest BCUT2D eigenvalue weighted by Crippen LogP contribution is -2.30. The normalized spacial score (nSPS) is 19.3. The highest BCUT2D eigenvalue weighted by Crippen LogP contribution is 2.21. The number of benzene rings is 1. The number of hydrogen-bond donors (Lipinski definition) is 1. The van der Waals surface area contributed by atoms with E-state index in [1.54, 1.807) is 4.90 Å². The van der Waals surface area contributed by atoms with Gasteiger partial charge in [0.15, 0.2) is 0 Å². The van der Waals surface area contributed by atoms with Crippen LogP contribution in [0.1, 0.15) is 25.8 Å². The molecule has 3 nitrogen and oxygen atoms in total. The molecule has 0 aromatic heterocycles. The fourth-order valence-electron chi connectivity index (χ4n) is 2.17. The topological polar surface area (TPSA) is 32.3 Å². The maximum atomic E-state index is 11.9. The van der Waals surface area contributed by atoms with Gasteiger partial charge in [-0.1, -0.05) is 26.0 Å². The SMILES string of the molecule is CC(C)SCc1cccc(N[C@@H]2CCN(C)C2=O)c1. The molecule has 4 heteroatoms. The Kier molecular flexibility index (Phi) is 4.75. The molecule has 0 spiro atoms. The van der Waals surface area contributed by atoms with Crippen molar-refractivity contribution in [1.82, 2.24) is 4.90 Å². The minimum atomic E-state index is -0.0574. The summed E-state index contributed by atoms with van der Waals surface area (Å²) in [6.45, 7) is 5.26. The van der Waals surface area contributed by atoms with E-state index in [2.05, 4.69) is 37.4 Å². The minimum absolute atomic E-state index is 0.0574. The zero-order chi connectivity index (χ0) is 13.8. The van der Waals surface area contributed by atoms with Crippen molar-refractivity contribution >= 4 is 23.4 Å². The van der Waals surface area contributed by atoms with E-state index in [1.807, 2.05) is 24.9 Å². The van der Waals surface area contributed by atoms with Crippen molar-refractivity contribution in [3.8, 4) is 0 Å². The van der Waals surface area contributed by atoms with Gasteiger partial charge in [-0.05, 0) is 29.4 Å². The van der Waals surface area contributed by atoms with Crippen LogP contribution < -0.4 is 5.32 Å². The Labute approximate surface area is 119 Å². The molecule has 1 saturated heterocycles. The quantitative estimate of drug-likeness (QED) is 0.898. The highest BCUT2D eigenvalue weighted by molar-refractivity contribution is 7.99. The molecule has 0 saturated carbocycles. The van der Waals surface area contributed by atoms with Gasteiger partial charge in [0.1, 0.15) is 6.04 Å². The molecule has 1 fully saturated rings. The lowest BCUT2D eigenvalue weighted by atomic mass is 10.2. The van der Waals surface area contributed by atoms with Crippen LogP contribution in [0.4, 0.5) is 5.69 Å². The first-order valence-corrected chi connectivity index (χ1v) is 7.83. The molecule has 1 aromatic rings. The van der Waals surface area contributed by atoms with Crippen molar-refractivity contribution in [2.45, 2.75) is 37.3 Å². The number of anilines is 1. The molecular formula is C15H22N2OS. The van der Waals surface area contributed by atoms with Gasteiger partial charge in [-0.2, -0.15) is 11.8 Å². The number of rotatable bonds is 5. The zero-order valence-corrected chi connectivity index (χ0v) is 12.7. The summed E-state index contributed by atoms with van der Waals surface area (Å²) in [6.07, 6.45) is 0.889. The van der Waals surface area contributed by atoms with Crippen LogP contribution in [0.5, 0.6) is 0 Å². The molecule has 1 aromatic carbocycles. The average molecular weight is 278 g/mol. The van der Waals surface area contributed by atoms with E-state index in [0.717, 1.165) is 24.4 Å². The van der Waals surface area contributed by atoms with Crippen LogP contribution in [0.2, 0.25) is 0 Å². The van der Waals surface area contributed by atoms with Crippen LogP contribution in [0.25, 0.3) is 0 Å². The molecule has 19 heavy (non-hydrogen) atoms. The van der Waals surface area contributed by atoms with Gasteiger partial charge >= 0.3 is 0 Å². The van der Waals surface area contributed by atoms with Gasteiger partial charge in [0.25, 0.3) is 0 Å². The second-order valence-corrected chi connectivity index (χ2v) is 6.87. The van der Waals surface area contributed by atoms with E-state index in [9.17, 15) is 4.79 Å². The number of amides is 1. The van der Waals surface area contributed by atoms with E-state index < -0.39 is 0 Å². The molecule has 0 radical (unpaired) electrons. The van der Waals surface area contributed by atoms with Gasteiger partial charge in [0.2, 0.25) is 5.91 Å². The van der Waals surface area contributed by atoms with Gasteiger partial charge in [-0.3, -0.25) is 4.79 Å². The molecule has 1 aliphatic rings. The minimum Gasteiger partial charge on any atom is -0.374 e. The fourth-order valence-corrected chi connectivity index (χ4v) is 2.88. The number of nitrogens with one attached hydrogen (secondary N) is 1. The van der Waals surface area contributed by atoms with Crippen LogP contribution in [-0.2, 0) is 10.5 Å². The predicted octanol–water partition coefficient (Wildman–Crippen LogP) is 2.97. The Hall–Kier alpha value is -1.16. The van der Waals surface area contributed by atoms with Gasteiger partial charge in [-0.15, -0.1) is 0 Å². The second kappa shape index (κ2) is 6.33. The Balaban J connectivity index is 1.97. The summed E-state index contributed by atoms with van der Waals surface area (Å²) in [6, 6.07) is 8.33. The highest BCUT2D eigenvalue weighted by Gasteiger charge is 2.28. The third-order valence-corrected chi connectivity index (χ3v) is 4.45. The van der Waals surface area contributed by atoms with Crippen molar-refractivity contribution < 1.29 is 4.79 Å². The third-order valence-electron chi connectivity index (χ3n) is 3.28. The molecule has 1 N–H and O–H groups in total. The van der Waals surface area contributed by atoms with Crippen LogP contribution in [0.3, 0.4) is 0 Å². The van der Waals surface area contributed by atoms with Crippen molar-refractivity contribution in [1.29, 1.82) is 0 Å². The Bertz CT molecular complexity index is 448. The van der Waals surface area contributed by atoms with Crippen LogP contribution in [0, 0.1) is 0 Å². The number of nitrogens with zero attached hydrogens (tertiary/aromatic N) is 1. The first-order valence-electron chi connectivity index (χ1n) is 6.78. The summed E-state index contributed by atoms with van der Waals surface area (Å²) in [7, 11) is 1.86. The Morgan fingerprint density at radius 1 is 1.47 bits per heavy atom. The van der Waals surface area contributed by atoms with Crippen LogP contribution >= 0.6 is 11.8 Å². The number of carbonyl (C=O) groups excluding carboxylic acids is 1. The van der Waals surface area contributed by atoms with Gasteiger partial charge in [0.05, 0.1) is 0 Å². The Morgan fingerprint density at radius 3 is 2.89 bits per heavy atom. The summed E-state index contributed by atoms with van der Waals surface area (Å²) in [4.78, 5) is 13.7. The predicted molar refractivity (Wildman–Crippen MR) is 82.5 cm³/mol. The smallest absolute Gasteiger partial charge is 0.244 e. The summed E-state index contributed by atoms with van der Waals surface area (Å²) < 4.78 is 0. The zero-order valence-electron chi connectivity index (χ0n) is 11.8. The molecule has 1 heterocycles. The fraction of sp³-hybridized carbons (Fsp3) is 0.533. The molecule has 0 bridgehead atoms. The molecule has 0 unspecified atom stereocenters. The van der Waals surface area contributed by atoms with E-state index in [1.165, 1.54) is 5.56 Å². The largest absolute Gasteiger partial charge is 0.374 e. The lowest BCUT2D eigenvalue weighted by molar-refractivity contribution is -0.127. The summed E-state index contributed by atoms with van der Waals surface area (Å²) in [5.41, 5.74) is 2.36. The number of thioether (sulfide) groups is 1. The molecule has 104 valence electrons. The van der Waals surface area contributed by atoms with Crippen molar-refractivity contribution in [2.75, 3.05) is 18.9 Å². The number of likely N-dealkylation sites (N-methyl/N-ethyl adjacent to an activating group) is 1. The van der Waals surface area contributed by atoms with Crippen LogP contribution in [0.15, 0.2) is 24.3 Å². The maximum absolute atomic E-state index is 11.9. The summed E-state index contributed by atoms with van der Waals surface area (Å²) in [5.74, 6) is 1.22. The molecule has 1 amide bonds. The van der Waals surface area contributed by atoms with Gasteiger partial charge in [0, 0.05) is 25.0 Å². The first-order chi connectivity index (χ1) is 9.06. The van der Waals surface area contributed by atoms with Crippen molar-refractivity contribution in [3.63, 3.8) is 0 Å². The number of likely N-dealkylation sites (tertiary alicyclic amines) is 1.